The van der Waals surface area contributed by atoms with Crippen molar-refractivity contribution >= 4 is 11.6 Å². The molecule has 0 aliphatic rings. The lowest BCUT2D eigenvalue weighted by atomic mass is 10.2. The second-order valence-corrected chi connectivity index (χ2v) is 3.55. The summed E-state index contributed by atoms with van der Waals surface area (Å²) in [4.78, 5) is 0. The highest BCUT2D eigenvalue weighted by molar-refractivity contribution is 6.31. The van der Waals surface area contributed by atoms with Gasteiger partial charge in [0, 0.05) is 6.07 Å². The van der Waals surface area contributed by atoms with E-state index < -0.39 is 0 Å². The predicted molar refractivity (Wildman–Crippen MR) is 61.1 cm³/mol. The van der Waals surface area contributed by atoms with Gasteiger partial charge in [-0.2, -0.15) is 5.26 Å². The van der Waals surface area contributed by atoms with Crippen LogP contribution in [0.25, 0.3) is 0 Å². The Labute approximate surface area is 94.7 Å². The number of hydrogen-bond donors (Lipinski definition) is 0. The van der Waals surface area contributed by atoms with Crippen molar-refractivity contribution in [2.24, 2.45) is 0 Å². The van der Waals surface area contributed by atoms with Gasteiger partial charge in [0.25, 0.3) is 0 Å². The van der Waals surface area contributed by atoms with Crippen LogP contribution in [0.1, 0.15) is 18.9 Å². The molecule has 0 bridgehead atoms. The van der Waals surface area contributed by atoms with Crippen LogP contribution in [0.15, 0.2) is 30.4 Å². The van der Waals surface area contributed by atoms with Crippen LogP contribution in [0, 0.1) is 11.3 Å². The quantitative estimate of drug-likeness (QED) is 0.729. The van der Waals surface area contributed by atoms with E-state index in [4.69, 9.17) is 21.6 Å². The molecule has 78 valence electrons. The molecular formula is C12H12ClNO. The number of hydrogen-bond acceptors (Lipinski definition) is 2. The molecule has 0 saturated carbocycles. The average Bonchev–Trinajstić information content (AvgIpc) is 2.26. The second-order valence-electron chi connectivity index (χ2n) is 3.15. The minimum absolute atomic E-state index is 0.414. The minimum Gasteiger partial charge on any atom is -0.489 e. The molecule has 0 radical (unpaired) electrons. The van der Waals surface area contributed by atoms with Crippen LogP contribution in [0.3, 0.4) is 0 Å². The van der Waals surface area contributed by atoms with Crippen molar-refractivity contribution in [3.8, 4) is 11.8 Å². The maximum atomic E-state index is 8.68. The zero-order valence-corrected chi connectivity index (χ0v) is 9.34. The third kappa shape index (κ3) is 3.30. The first kappa shape index (κ1) is 11.6. The number of benzene rings is 1. The number of nitriles is 1. The first-order chi connectivity index (χ1) is 7.17. The summed E-state index contributed by atoms with van der Waals surface area (Å²) >= 11 is 5.85. The topological polar surface area (TPSA) is 33.0 Å². The van der Waals surface area contributed by atoms with Crippen molar-refractivity contribution in [3.63, 3.8) is 0 Å². The van der Waals surface area contributed by atoms with Gasteiger partial charge >= 0.3 is 0 Å². The average molecular weight is 222 g/mol. The zero-order valence-electron chi connectivity index (χ0n) is 8.59. The Bertz CT molecular complexity index is 407. The van der Waals surface area contributed by atoms with Gasteiger partial charge in [0.1, 0.15) is 18.4 Å². The smallest absolute Gasteiger partial charge is 0.121 e. The van der Waals surface area contributed by atoms with Crippen LogP contribution < -0.4 is 4.74 Å². The molecule has 1 rings (SSSR count). The van der Waals surface area contributed by atoms with Crippen molar-refractivity contribution in [2.45, 2.75) is 13.3 Å². The van der Waals surface area contributed by atoms with Crippen LogP contribution in [0.4, 0.5) is 0 Å². The fourth-order valence-corrected chi connectivity index (χ4v) is 1.18. The van der Waals surface area contributed by atoms with Crippen LogP contribution >= 0.6 is 11.6 Å². The molecular weight excluding hydrogens is 210 g/mol. The zero-order chi connectivity index (χ0) is 11.3. The number of halogens is 1. The molecule has 0 aliphatic heterocycles. The Morgan fingerprint density at radius 2 is 2.33 bits per heavy atom. The lowest BCUT2D eigenvalue weighted by Gasteiger charge is -2.07. The lowest BCUT2D eigenvalue weighted by molar-refractivity contribution is 0.349. The lowest BCUT2D eigenvalue weighted by Crippen LogP contribution is -1.99. The molecule has 0 saturated heterocycles. The molecule has 0 spiro atoms. The maximum Gasteiger partial charge on any atom is 0.121 e. The van der Waals surface area contributed by atoms with Gasteiger partial charge in [-0.05, 0) is 24.1 Å². The van der Waals surface area contributed by atoms with Crippen molar-refractivity contribution in [2.75, 3.05) is 6.61 Å². The van der Waals surface area contributed by atoms with E-state index in [2.05, 4.69) is 6.58 Å². The van der Waals surface area contributed by atoms with E-state index in [-0.39, 0.29) is 0 Å². The first-order valence-corrected chi connectivity index (χ1v) is 5.04. The standard InChI is InChI=1S/C12H12ClNO/c1-3-9(2)8-15-11-5-4-10(7-14)12(13)6-11/h4-6H,2-3,8H2,1H3. The van der Waals surface area contributed by atoms with E-state index in [1.165, 1.54) is 0 Å². The van der Waals surface area contributed by atoms with E-state index in [0.717, 1.165) is 12.0 Å². The minimum atomic E-state index is 0.414. The summed E-state index contributed by atoms with van der Waals surface area (Å²) in [6, 6.07) is 7.01. The third-order valence-corrected chi connectivity index (χ3v) is 2.32. The van der Waals surface area contributed by atoms with Gasteiger partial charge in [0.2, 0.25) is 0 Å². The van der Waals surface area contributed by atoms with Gasteiger partial charge < -0.3 is 4.74 Å². The van der Waals surface area contributed by atoms with Gasteiger partial charge in [0.15, 0.2) is 0 Å². The summed E-state index contributed by atoms with van der Waals surface area (Å²) in [5.74, 6) is 0.661. The first-order valence-electron chi connectivity index (χ1n) is 4.66. The van der Waals surface area contributed by atoms with Crippen LogP contribution in [-0.2, 0) is 0 Å². The van der Waals surface area contributed by atoms with Gasteiger partial charge in [0.05, 0.1) is 10.6 Å². The molecule has 1 aromatic rings. The predicted octanol–water partition coefficient (Wildman–Crippen LogP) is 3.56. The normalized spacial score (nSPS) is 9.40. The van der Waals surface area contributed by atoms with E-state index in [0.29, 0.717) is 22.9 Å². The molecule has 0 fully saturated rings. The molecule has 0 heterocycles. The van der Waals surface area contributed by atoms with Crippen molar-refractivity contribution in [3.05, 3.63) is 40.9 Å². The molecule has 0 aliphatic carbocycles. The molecule has 15 heavy (non-hydrogen) atoms. The van der Waals surface area contributed by atoms with E-state index in [9.17, 15) is 0 Å². The fourth-order valence-electron chi connectivity index (χ4n) is 0.964. The molecule has 0 N–H and O–H groups in total. The Balaban J connectivity index is 2.68. The highest BCUT2D eigenvalue weighted by atomic mass is 35.5. The largest absolute Gasteiger partial charge is 0.489 e. The molecule has 1 aromatic carbocycles. The van der Waals surface area contributed by atoms with E-state index in [1.54, 1.807) is 18.2 Å². The Morgan fingerprint density at radius 3 is 2.87 bits per heavy atom. The van der Waals surface area contributed by atoms with Gasteiger partial charge in [-0.15, -0.1) is 0 Å². The Hall–Kier alpha value is -1.46. The molecule has 2 nitrogen and oxygen atoms in total. The number of rotatable bonds is 4. The Kier molecular flexibility index (Phi) is 4.20. The van der Waals surface area contributed by atoms with Crippen LogP contribution in [0.2, 0.25) is 5.02 Å². The summed E-state index contributed by atoms with van der Waals surface area (Å²) in [5, 5.41) is 9.09. The third-order valence-electron chi connectivity index (χ3n) is 2.00. The number of ether oxygens (including phenoxy) is 1. The summed E-state index contributed by atoms with van der Waals surface area (Å²) in [7, 11) is 0. The highest BCUT2D eigenvalue weighted by Gasteiger charge is 2.01. The Morgan fingerprint density at radius 1 is 1.60 bits per heavy atom. The summed E-state index contributed by atoms with van der Waals surface area (Å²) < 4.78 is 5.45. The number of nitrogens with zero attached hydrogens (tertiary/aromatic N) is 1. The molecule has 0 aromatic heterocycles. The van der Waals surface area contributed by atoms with Gasteiger partial charge in [-0.25, -0.2) is 0 Å². The van der Waals surface area contributed by atoms with E-state index >= 15 is 0 Å². The van der Waals surface area contributed by atoms with Crippen LogP contribution in [0.5, 0.6) is 5.75 Å². The monoisotopic (exact) mass is 221 g/mol. The molecule has 0 unspecified atom stereocenters. The van der Waals surface area contributed by atoms with E-state index in [1.807, 2.05) is 13.0 Å². The van der Waals surface area contributed by atoms with Crippen molar-refractivity contribution in [1.82, 2.24) is 0 Å². The molecule has 3 heteroatoms. The fraction of sp³-hybridized carbons (Fsp3) is 0.250. The van der Waals surface area contributed by atoms with Gasteiger partial charge in [-0.1, -0.05) is 25.1 Å². The highest BCUT2D eigenvalue weighted by Crippen LogP contribution is 2.22. The summed E-state index contributed by atoms with van der Waals surface area (Å²) in [5.41, 5.74) is 1.48. The summed E-state index contributed by atoms with van der Waals surface area (Å²) in [6.45, 7) is 6.34. The van der Waals surface area contributed by atoms with Crippen molar-refractivity contribution < 1.29 is 4.74 Å². The molecule has 0 atom stereocenters. The van der Waals surface area contributed by atoms with Crippen LogP contribution in [-0.4, -0.2) is 6.61 Å². The SMILES string of the molecule is C=C(CC)COc1ccc(C#N)c(Cl)c1. The van der Waals surface area contributed by atoms with Crippen molar-refractivity contribution in [1.29, 1.82) is 5.26 Å². The maximum absolute atomic E-state index is 8.68. The molecule has 0 amide bonds. The summed E-state index contributed by atoms with van der Waals surface area (Å²) in [6.07, 6.45) is 0.893. The second kappa shape index (κ2) is 5.43. The van der Waals surface area contributed by atoms with Gasteiger partial charge in [-0.3, -0.25) is 0 Å².